The third-order valence-electron chi connectivity index (χ3n) is 5.78. The molecule has 1 nitrogen and oxygen atoms in total. The molecule has 0 bridgehead atoms. The third-order valence-corrected chi connectivity index (χ3v) is 5.78. The number of benzene rings is 2. The third kappa shape index (κ3) is 3.38. The Morgan fingerprint density at radius 1 is 0.920 bits per heavy atom. The summed E-state index contributed by atoms with van der Waals surface area (Å²) in [7, 11) is 1.78. The van der Waals surface area contributed by atoms with Crippen molar-refractivity contribution in [3.8, 4) is 5.75 Å². The van der Waals surface area contributed by atoms with Gasteiger partial charge in [-0.3, -0.25) is 0 Å². The Morgan fingerprint density at radius 2 is 1.48 bits per heavy atom. The highest BCUT2D eigenvalue weighted by Gasteiger charge is 2.37. The standard InChI is InChI=1S/C24H30O/c1-17(14-18-10-8-7-9-11-18)19-15-20-21(16-22(19)25-6)24(4,5)13-12-23(20,2)3/h7-11,14-16H,12-13H2,1-6H3. The zero-order valence-corrected chi connectivity index (χ0v) is 16.4. The summed E-state index contributed by atoms with van der Waals surface area (Å²) < 4.78 is 5.79. The number of ether oxygens (including phenoxy) is 1. The van der Waals surface area contributed by atoms with Gasteiger partial charge in [0, 0.05) is 5.56 Å². The SMILES string of the molecule is COc1cc2c(cc1C(C)=Cc1ccccc1)C(C)(C)CCC2(C)C. The first-order valence-electron chi connectivity index (χ1n) is 9.21. The Bertz CT molecular complexity index is 794. The fourth-order valence-electron chi connectivity index (χ4n) is 3.95. The maximum atomic E-state index is 5.79. The van der Waals surface area contributed by atoms with Gasteiger partial charge in [-0.25, -0.2) is 0 Å². The van der Waals surface area contributed by atoms with Crippen molar-refractivity contribution in [1.82, 2.24) is 0 Å². The molecule has 1 aliphatic carbocycles. The molecular weight excluding hydrogens is 304 g/mol. The largest absolute Gasteiger partial charge is 0.496 e. The van der Waals surface area contributed by atoms with E-state index >= 15 is 0 Å². The molecule has 0 radical (unpaired) electrons. The van der Waals surface area contributed by atoms with E-state index in [2.05, 4.69) is 83.2 Å². The lowest BCUT2D eigenvalue weighted by atomic mass is 9.62. The molecule has 0 fully saturated rings. The molecule has 0 aliphatic heterocycles. The van der Waals surface area contributed by atoms with Crippen molar-refractivity contribution in [3.05, 3.63) is 64.7 Å². The molecule has 0 N–H and O–H groups in total. The van der Waals surface area contributed by atoms with E-state index in [4.69, 9.17) is 4.74 Å². The van der Waals surface area contributed by atoms with Crippen LogP contribution in [0.3, 0.4) is 0 Å². The highest BCUT2D eigenvalue weighted by molar-refractivity contribution is 5.83. The maximum Gasteiger partial charge on any atom is 0.126 e. The molecule has 0 spiro atoms. The van der Waals surface area contributed by atoms with Crippen LogP contribution in [-0.4, -0.2) is 7.11 Å². The molecule has 0 atom stereocenters. The zero-order chi connectivity index (χ0) is 18.2. The van der Waals surface area contributed by atoms with E-state index in [-0.39, 0.29) is 10.8 Å². The van der Waals surface area contributed by atoms with Crippen LogP contribution in [0.5, 0.6) is 5.75 Å². The molecule has 0 saturated carbocycles. The van der Waals surface area contributed by atoms with Gasteiger partial charge >= 0.3 is 0 Å². The van der Waals surface area contributed by atoms with E-state index < -0.39 is 0 Å². The lowest BCUT2D eigenvalue weighted by molar-refractivity contribution is 0.328. The lowest BCUT2D eigenvalue weighted by Gasteiger charge is -2.42. The molecule has 2 aromatic rings. The predicted molar refractivity (Wildman–Crippen MR) is 108 cm³/mol. The first-order chi connectivity index (χ1) is 11.7. The molecule has 0 aromatic heterocycles. The Hall–Kier alpha value is -2.02. The monoisotopic (exact) mass is 334 g/mol. The first kappa shape index (κ1) is 17.8. The van der Waals surface area contributed by atoms with Crippen LogP contribution in [0.15, 0.2) is 42.5 Å². The second-order valence-corrected chi connectivity index (χ2v) is 8.60. The van der Waals surface area contributed by atoms with Gasteiger partial charge < -0.3 is 4.74 Å². The van der Waals surface area contributed by atoms with Crippen molar-refractivity contribution in [1.29, 1.82) is 0 Å². The second kappa shape index (κ2) is 6.37. The number of hydrogen-bond donors (Lipinski definition) is 0. The minimum atomic E-state index is 0.202. The topological polar surface area (TPSA) is 9.23 Å². The summed E-state index contributed by atoms with van der Waals surface area (Å²) in [6.07, 6.45) is 4.68. The van der Waals surface area contributed by atoms with Crippen LogP contribution < -0.4 is 4.74 Å². The molecule has 0 saturated heterocycles. The molecule has 132 valence electrons. The number of fused-ring (bicyclic) bond motifs is 1. The second-order valence-electron chi connectivity index (χ2n) is 8.60. The quantitative estimate of drug-likeness (QED) is 0.574. The summed E-state index contributed by atoms with van der Waals surface area (Å²) >= 11 is 0. The van der Waals surface area contributed by atoms with Gasteiger partial charge in [-0.1, -0.05) is 64.1 Å². The average molecular weight is 335 g/mol. The molecule has 2 aromatic carbocycles. The molecule has 25 heavy (non-hydrogen) atoms. The van der Waals surface area contributed by atoms with E-state index in [0.29, 0.717) is 0 Å². The molecule has 0 heterocycles. The molecule has 1 heteroatoms. The van der Waals surface area contributed by atoms with E-state index in [1.54, 1.807) is 7.11 Å². The lowest BCUT2D eigenvalue weighted by Crippen LogP contribution is -2.34. The normalized spacial score (nSPS) is 18.6. The molecule has 0 amide bonds. The highest BCUT2D eigenvalue weighted by atomic mass is 16.5. The van der Waals surface area contributed by atoms with Crippen molar-refractivity contribution in [2.45, 2.75) is 58.3 Å². The minimum absolute atomic E-state index is 0.202. The van der Waals surface area contributed by atoms with Crippen molar-refractivity contribution in [2.75, 3.05) is 7.11 Å². The van der Waals surface area contributed by atoms with Gasteiger partial charge in [0.05, 0.1) is 7.11 Å². The smallest absolute Gasteiger partial charge is 0.126 e. The number of methoxy groups -OCH3 is 1. The average Bonchev–Trinajstić information content (AvgIpc) is 2.59. The van der Waals surface area contributed by atoms with Crippen molar-refractivity contribution in [2.24, 2.45) is 0 Å². The van der Waals surface area contributed by atoms with Crippen molar-refractivity contribution in [3.63, 3.8) is 0 Å². The van der Waals surface area contributed by atoms with Crippen LogP contribution in [0.2, 0.25) is 0 Å². The fraction of sp³-hybridized carbons (Fsp3) is 0.417. The van der Waals surface area contributed by atoms with E-state index in [1.165, 1.54) is 40.7 Å². The van der Waals surface area contributed by atoms with Crippen molar-refractivity contribution < 1.29 is 4.74 Å². The fourth-order valence-corrected chi connectivity index (χ4v) is 3.95. The molecule has 1 aliphatic rings. The maximum absolute atomic E-state index is 5.79. The van der Waals surface area contributed by atoms with Crippen LogP contribution in [-0.2, 0) is 10.8 Å². The van der Waals surface area contributed by atoms with Crippen molar-refractivity contribution >= 4 is 11.6 Å². The number of hydrogen-bond acceptors (Lipinski definition) is 1. The summed E-state index contributed by atoms with van der Waals surface area (Å²) in [4.78, 5) is 0. The summed E-state index contributed by atoms with van der Waals surface area (Å²) in [6.45, 7) is 11.6. The van der Waals surface area contributed by atoms with Gasteiger partial charge in [-0.2, -0.15) is 0 Å². The Balaban J connectivity index is 2.17. The summed E-state index contributed by atoms with van der Waals surface area (Å²) in [5.74, 6) is 0.981. The summed E-state index contributed by atoms with van der Waals surface area (Å²) in [5, 5.41) is 0. The molecule has 3 rings (SSSR count). The van der Waals surface area contributed by atoms with Crippen LogP contribution in [0.25, 0.3) is 11.6 Å². The highest BCUT2D eigenvalue weighted by Crippen LogP contribution is 2.48. The Labute approximate surface area is 152 Å². The first-order valence-corrected chi connectivity index (χ1v) is 9.21. The molecule has 0 unspecified atom stereocenters. The van der Waals surface area contributed by atoms with E-state index in [9.17, 15) is 0 Å². The zero-order valence-electron chi connectivity index (χ0n) is 16.4. The summed E-state index contributed by atoms with van der Waals surface area (Å²) in [5.41, 5.74) is 6.99. The van der Waals surface area contributed by atoms with Crippen LogP contribution in [0.1, 0.15) is 69.7 Å². The van der Waals surface area contributed by atoms with Gasteiger partial charge in [0.2, 0.25) is 0 Å². The Morgan fingerprint density at radius 3 is 2.04 bits per heavy atom. The predicted octanol–water partition coefficient (Wildman–Crippen LogP) is 6.60. The van der Waals surface area contributed by atoms with Gasteiger partial charge in [-0.05, 0) is 65.0 Å². The van der Waals surface area contributed by atoms with Crippen LogP contribution >= 0.6 is 0 Å². The van der Waals surface area contributed by atoms with E-state index in [0.717, 1.165) is 5.75 Å². The van der Waals surface area contributed by atoms with Gasteiger partial charge in [-0.15, -0.1) is 0 Å². The Kier molecular flexibility index (Phi) is 4.53. The van der Waals surface area contributed by atoms with Gasteiger partial charge in [0.15, 0.2) is 0 Å². The van der Waals surface area contributed by atoms with E-state index in [1.807, 2.05) is 0 Å². The minimum Gasteiger partial charge on any atom is -0.496 e. The van der Waals surface area contributed by atoms with Crippen LogP contribution in [0, 0.1) is 0 Å². The van der Waals surface area contributed by atoms with Gasteiger partial charge in [0.1, 0.15) is 5.75 Å². The molecular formula is C24H30O. The summed E-state index contributed by atoms with van der Waals surface area (Å²) in [6, 6.07) is 15.2. The van der Waals surface area contributed by atoms with Crippen LogP contribution in [0.4, 0.5) is 0 Å². The number of rotatable bonds is 3. The van der Waals surface area contributed by atoms with Gasteiger partial charge in [0.25, 0.3) is 0 Å². The number of allylic oxidation sites excluding steroid dienone is 1.